The Balaban J connectivity index is 2.41. The summed E-state index contributed by atoms with van der Waals surface area (Å²) in [4.78, 5) is 23.7. The zero-order chi connectivity index (χ0) is 17.7. The number of allylic oxidation sites excluding steroid dienone is 2. The Morgan fingerprint density at radius 1 is 1.00 bits per heavy atom. The van der Waals surface area contributed by atoms with Crippen LogP contribution in [0.4, 0.5) is 0 Å². The normalized spacial score (nSPS) is 14.9. The molecular weight excluding hydrogens is 312 g/mol. The van der Waals surface area contributed by atoms with Crippen LogP contribution in [-0.4, -0.2) is 38.0 Å². The Bertz CT molecular complexity index is 696. The highest BCUT2D eigenvalue weighted by Crippen LogP contribution is 2.40. The molecule has 128 valence electrons. The van der Waals surface area contributed by atoms with Crippen LogP contribution in [0.15, 0.2) is 29.5 Å². The first kappa shape index (κ1) is 17.6. The molecule has 1 saturated carbocycles. The third kappa shape index (κ3) is 3.42. The van der Waals surface area contributed by atoms with E-state index in [1.807, 2.05) is 0 Å². The van der Waals surface area contributed by atoms with Gasteiger partial charge in [-0.25, -0.2) is 0 Å². The van der Waals surface area contributed by atoms with Crippen molar-refractivity contribution in [3.05, 3.63) is 35.1 Å². The van der Waals surface area contributed by atoms with Gasteiger partial charge < -0.3 is 19.3 Å². The van der Waals surface area contributed by atoms with Crippen LogP contribution in [0, 0.1) is 0 Å². The number of hydrogen-bond donors (Lipinski definition) is 1. The molecule has 0 heterocycles. The predicted molar refractivity (Wildman–Crippen MR) is 88.7 cm³/mol. The summed E-state index contributed by atoms with van der Waals surface area (Å²) in [6.45, 7) is 0. The summed E-state index contributed by atoms with van der Waals surface area (Å²) in [7, 11) is 4.50. The lowest BCUT2D eigenvalue weighted by atomic mass is 9.91. The van der Waals surface area contributed by atoms with Gasteiger partial charge in [-0.2, -0.15) is 0 Å². The molecule has 0 spiro atoms. The fourth-order valence-electron chi connectivity index (χ4n) is 2.61. The van der Waals surface area contributed by atoms with Crippen molar-refractivity contribution in [2.24, 2.45) is 0 Å². The molecule has 1 fully saturated rings. The third-order valence-electron chi connectivity index (χ3n) is 3.78. The van der Waals surface area contributed by atoms with Gasteiger partial charge in [0.25, 0.3) is 0 Å². The van der Waals surface area contributed by atoms with E-state index < -0.39 is 0 Å². The summed E-state index contributed by atoms with van der Waals surface area (Å²) in [5.41, 5.74) is 0.481. The van der Waals surface area contributed by atoms with E-state index in [4.69, 9.17) is 14.2 Å². The van der Waals surface area contributed by atoms with Crippen molar-refractivity contribution < 1.29 is 28.9 Å². The van der Waals surface area contributed by atoms with Crippen LogP contribution in [0.3, 0.4) is 0 Å². The number of ketones is 2. The zero-order valence-electron chi connectivity index (χ0n) is 13.9. The molecule has 0 unspecified atom stereocenters. The lowest BCUT2D eigenvalue weighted by molar-refractivity contribution is -0.124. The van der Waals surface area contributed by atoms with Gasteiger partial charge in [-0.3, -0.25) is 9.59 Å². The fourth-order valence-corrected chi connectivity index (χ4v) is 2.61. The highest BCUT2D eigenvalue weighted by Gasteiger charge is 2.26. The molecule has 1 aliphatic rings. The van der Waals surface area contributed by atoms with Crippen LogP contribution in [0.25, 0.3) is 6.08 Å². The van der Waals surface area contributed by atoms with E-state index in [-0.39, 0.29) is 35.7 Å². The smallest absolute Gasteiger partial charge is 0.203 e. The van der Waals surface area contributed by atoms with Gasteiger partial charge in [-0.1, -0.05) is 0 Å². The average Bonchev–Trinajstić information content (AvgIpc) is 2.58. The maximum atomic E-state index is 11.8. The maximum Gasteiger partial charge on any atom is 0.203 e. The second-order valence-electron chi connectivity index (χ2n) is 5.22. The van der Waals surface area contributed by atoms with Crippen LogP contribution in [0.1, 0.15) is 24.8 Å². The van der Waals surface area contributed by atoms with Gasteiger partial charge in [0, 0.05) is 18.4 Å². The fraction of sp³-hybridized carbons (Fsp3) is 0.333. The Morgan fingerprint density at radius 3 is 2.17 bits per heavy atom. The predicted octanol–water partition coefficient (Wildman–Crippen LogP) is 2.86. The lowest BCUT2D eigenvalue weighted by Crippen LogP contribution is -2.20. The summed E-state index contributed by atoms with van der Waals surface area (Å²) in [5, 5.41) is 10.1. The molecule has 0 amide bonds. The number of ether oxygens (including phenoxy) is 3. The van der Waals surface area contributed by atoms with Gasteiger partial charge >= 0.3 is 0 Å². The number of methoxy groups -OCH3 is 3. The molecule has 0 bridgehead atoms. The van der Waals surface area contributed by atoms with E-state index in [9.17, 15) is 14.7 Å². The monoisotopic (exact) mass is 332 g/mol. The largest absolute Gasteiger partial charge is 0.507 e. The Labute approximate surface area is 140 Å². The molecule has 1 aromatic rings. The first-order valence-electron chi connectivity index (χ1n) is 7.50. The Morgan fingerprint density at radius 2 is 1.62 bits per heavy atom. The summed E-state index contributed by atoms with van der Waals surface area (Å²) in [6, 6.07) is 3.42. The SMILES string of the molecule is COc1ccc(/C=C/C(O)=C2C(=O)CCCC2=O)c(OC)c1OC. The molecule has 0 saturated heterocycles. The molecular formula is C18H20O6. The van der Waals surface area contributed by atoms with Crippen molar-refractivity contribution in [2.75, 3.05) is 21.3 Å². The van der Waals surface area contributed by atoms with Crippen LogP contribution in [-0.2, 0) is 9.59 Å². The van der Waals surface area contributed by atoms with Gasteiger partial charge in [-0.05, 0) is 30.7 Å². The molecule has 6 nitrogen and oxygen atoms in total. The van der Waals surface area contributed by atoms with E-state index in [1.165, 1.54) is 27.4 Å². The number of aliphatic hydroxyl groups excluding tert-OH is 1. The molecule has 24 heavy (non-hydrogen) atoms. The molecule has 0 radical (unpaired) electrons. The summed E-state index contributed by atoms with van der Waals surface area (Å²) in [6.07, 6.45) is 3.96. The highest BCUT2D eigenvalue weighted by atomic mass is 16.5. The zero-order valence-corrected chi connectivity index (χ0v) is 13.9. The molecule has 0 atom stereocenters. The number of benzene rings is 1. The quantitative estimate of drug-likeness (QED) is 0.507. The minimum Gasteiger partial charge on any atom is -0.507 e. The summed E-state index contributed by atoms with van der Waals surface area (Å²) in [5.74, 6) is 0.361. The van der Waals surface area contributed by atoms with Crippen molar-refractivity contribution in [2.45, 2.75) is 19.3 Å². The first-order chi connectivity index (χ1) is 11.5. The molecule has 1 N–H and O–H groups in total. The van der Waals surface area contributed by atoms with Crippen molar-refractivity contribution >= 4 is 17.6 Å². The van der Waals surface area contributed by atoms with E-state index >= 15 is 0 Å². The van der Waals surface area contributed by atoms with Gasteiger partial charge in [0.05, 0.1) is 21.3 Å². The van der Waals surface area contributed by atoms with Crippen molar-refractivity contribution in [3.8, 4) is 17.2 Å². The number of Topliss-reactive ketones (excluding diaryl/α,β-unsaturated/α-hetero) is 2. The number of carbonyl (C=O) groups excluding carboxylic acids is 2. The number of aliphatic hydroxyl groups is 1. The third-order valence-corrected chi connectivity index (χ3v) is 3.78. The van der Waals surface area contributed by atoms with Crippen molar-refractivity contribution in [1.29, 1.82) is 0 Å². The molecule has 0 aliphatic heterocycles. The van der Waals surface area contributed by atoms with E-state index in [0.29, 0.717) is 29.2 Å². The van der Waals surface area contributed by atoms with E-state index in [0.717, 1.165) is 0 Å². The second-order valence-corrected chi connectivity index (χ2v) is 5.22. The second kappa shape index (κ2) is 7.68. The van der Waals surface area contributed by atoms with Crippen LogP contribution >= 0.6 is 0 Å². The van der Waals surface area contributed by atoms with Gasteiger partial charge in [0.1, 0.15) is 11.3 Å². The minimum absolute atomic E-state index is 0.128. The molecule has 2 rings (SSSR count). The van der Waals surface area contributed by atoms with Crippen molar-refractivity contribution in [3.63, 3.8) is 0 Å². The Kier molecular flexibility index (Phi) is 5.63. The molecule has 1 aliphatic carbocycles. The molecule has 1 aromatic carbocycles. The first-order valence-corrected chi connectivity index (χ1v) is 7.50. The van der Waals surface area contributed by atoms with Crippen LogP contribution < -0.4 is 14.2 Å². The number of carbonyl (C=O) groups is 2. The van der Waals surface area contributed by atoms with Crippen LogP contribution in [0.2, 0.25) is 0 Å². The van der Waals surface area contributed by atoms with Crippen molar-refractivity contribution in [1.82, 2.24) is 0 Å². The summed E-state index contributed by atoms with van der Waals surface area (Å²) < 4.78 is 15.8. The molecule has 6 heteroatoms. The van der Waals surface area contributed by atoms with E-state index in [1.54, 1.807) is 18.2 Å². The minimum atomic E-state index is -0.332. The molecule has 0 aromatic heterocycles. The van der Waals surface area contributed by atoms with Gasteiger partial charge in [0.2, 0.25) is 5.75 Å². The number of hydrogen-bond acceptors (Lipinski definition) is 6. The number of rotatable bonds is 5. The average molecular weight is 332 g/mol. The van der Waals surface area contributed by atoms with Gasteiger partial charge in [-0.15, -0.1) is 0 Å². The summed E-state index contributed by atoms with van der Waals surface area (Å²) >= 11 is 0. The maximum absolute atomic E-state index is 11.8. The van der Waals surface area contributed by atoms with E-state index in [2.05, 4.69) is 0 Å². The van der Waals surface area contributed by atoms with Crippen LogP contribution in [0.5, 0.6) is 17.2 Å². The topological polar surface area (TPSA) is 82.1 Å². The lowest BCUT2D eigenvalue weighted by Gasteiger charge is -2.14. The highest BCUT2D eigenvalue weighted by molar-refractivity contribution is 6.22. The Hall–Kier alpha value is -2.76. The van der Waals surface area contributed by atoms with Gasteiger partial charge in [0.15, 0.2) is 23.1 Å². The standard InChI is InChI=1S/C18H20O6/c1-22-15-10-8-11(17(23-2)18(15)24-3)7-9-14(21)16-12(19)5-4-6-13(16)20/h7-10,21H,4-6H2,1-3H3/b9-7+.